The summed E-state index contributed by atoms with van der Waals surface area (Å²) in [4.78, 5) is 30.5. The lowest BCUT2D eigenvalue weighted by atomic mass is 10.1. The summed E-state index contributed by atoms with van der Waals surface area (Å²) in [7, 11) is 0. The lowest BCUT2D eigenvalue weighted by molar-refractivity contribution is 0.0533. The highest BCUT2D eigenvalue weighted by Gasteiger charge is 2.27. The highest BCUT2D eigenvalue weighted by molar-refractivity contribution is 7.98. The number of carbonyl (C=O) groups is 2. The molecule has 1 fully saturated rings. The predicted octanol–water partition coefficient (Wildman–Crippen LogP) is 4.84. The van der Waals surface area contributed by atoms with Crippen LogP contribution in [0, 0.1) is 13.8 Å². The molecule has 0 bridgehead atoms. The van der Waals surface area contributed by atoms with Gasteiger partial charge in [-0.25, -0.2) is 0 Å². The van der Waals surface area contributed by atoms with Gasteiger partial charge in [-0.15, -0.1) is 11.8 Å². The first-order valence-electron chi connectivity index (χ1n) is 10.4. The van der Waals surface area contributed by atoms with Crippen LogP contribution in [0.2, 0.25) is 5.02 Å². The van der Waals surface area contributed by atoms with Crippen LogP contribution in [0.3, 0.4) is 0 Å². The minimum absolute atomic E-state index is 0.0123. The highest BCUT2D eigenvalue weighted by Crippen LogP contribution is 2.29. The van der Waals surface area contributed by atoms with E-state index in [1.165, 1.54) is 0 Å². The summed E-state index contributed by atoms with van der Waals surface area (Å²) in [6.07, 6.45) is 0. The molecule has 2 amide bonds. The number of benzene rings is 2. The van der Waals surface area contributed by atoms with Crippen LogP contribution in [-0.2, 0) is 5.75 Å². The van der Waals surface area contributed by atoms with Gasteiger partial charge < -0.3 is 14.3 Å². The zero-order valence-corrected chi connectivity index (χ0v) is 19.6. The van der Waals surface area contributed by atoms with Gasteiger partial charge >= 0.3 is 0 Å². The summed E-state index contributed by atoms with van der Waals surface area (Å²) in [5.74, 6) is 1.42. The normalized spacial score (nSPS) is 14.0. The fourth-order valence-corrected chi connectivity index (χ4v) is 5.10. The van der Waals surface area contributed by atoms with Crippen LogP contribution in [0.15, 0.2) is 57.9 Å². The van der Waals surface area contributed by atoms with Crippen LogP contribution in [0.5, 0.6) is 0 Å². The van der Waals surface area contributed by atoms with Gasteiger partial charge in [0, 0.05) is 53.0 Å². The Morgan fingerprint density at radius 2 is 1.69 bits per heavy atom. The molecule has 2 aromatic carbocycles. The second-order valence-corrected chi connectivity index (χ2v) is 9.14. The van der Waals surface area contributed by atoms with Gasteiger partial charge in [0.05, 0.1) is 11.3 Å². The SMILES string of the molecule is Cc1noc(C)c1CSc1ccccc1C(=O)N1CCN(C(=O)c2cccc(Cl)c2)CC1. The van der Waals surface area contributed by atoms with Gasteiger partial charge in [-0.1, -0.05) is 35.0 Å². The molecule has 166 valence electrons. The van der Waals surface area contributed by atoms with E-state index in [1.54, 1.807) is 40.9 Å². The molecule has 0 saturated carbocycles. The molecule has 0 N–H and O–H groups in total. The van der Waals surface area contributed by atoms with Crippen LogP contribution in [0.25, 0.3) is 0 Å². The van der Waals surface area contributed by atoms with E-state index in [9.17, 15) is 9.59 Å². The standard InChI is InChI=1S/C24H24ClN3O3S/c1-16-21(17(2)31-26-16)15-32-22-9-4-3-8-20(22)24(30)28-12-10-27(11-13-28)23(29)18-6-5-7-19(25)14-18/h3-9,14H,10-13,15H2,1-2H3. The Hall–Kier alpha value is -2.77. The van der Waals surface area contributed by atoms with Crippen LogP contribution in [0.1, 0.15) is 37.7 Å². The van der Waals surface area contributed by atoms with Gasteiger partial charge in [0.15, 0.2) is 0 Å². The quantitative estimate of drug-likeness (QED) is 0.500. The number of rotatable bonds is 5. The van der Waals surface area contributed by atoms with E-state index in [0.29, 0.717) is 48.1 Å². The van der Waals surface area contributed by atoms with Crippen molar-refractivity contribution in [1.82, 2.24) is 15.0 Å². The first-order valence-corrected chi connectivity index (χ1v) is 11.8. The summed E-state index contributed by atoms with van der Waals surface area (Å²) < 4.78 is 5.25. The maximum absolute atomic E-state index is 13.3. The smallest absolute Gasteiger partial charge is 0.255 e. The van der Waals surface area contributed by atoms with Gasteiger partial charge in [0.25, 0.3) is 11.8 Å². The fraction of sp³-hybridized carbons (Fsp3) is 0.292. The number of amides is 2. The zero-order valence-electron chi connectivity index (χ0n) is 18.0. The van der Waals surface area contributed by atoms with Gasteiger partial charge in [-0.05, 0) is 44.2 Å². The third kappa shape index (κ3) is 4.84. The zero-order chi connectivity index (χ0) is 22.7. The maximum atomic E-state index is 13.3. The number of piperazine rings is 1. The Bertz CT molecular complexity index is 1120. The van der Waals surface area contributed by atoms with Crippen molar-refractivity contribution in [3.05, 3.63) is 81.7 Å². The molecule has 0 atom stereocenters. The van der Waals surface area contributed by atoms with E-state index in [2.05, 4.69) is 5.16 Å². The molecular formula is C24H24ClN3O3S. The summed E-state index contributed by atoms with van der Waals surface area (Å²) in [5, 5.41) is 4.54. The number of halogens is 1. The van der Waals surface area contributed by atoms with Gasteiger partial charge in [-0.2, -0.15) is 0 Å². The van der Waals surface area contributed by atoms with Crippen molar-refractivity contribution in [2.45, 2.75) is 24.5 Å². The Labute approximate surface area is 196 Å². The van der Waals surface area contributed by atoms with Crippen LogP contribution >= 0.6 is 23.4 Å². The molecule has 1 aliphatic rings. The van der Waals surface area contributed by atoms with Crippen molar-refractivity contribution in [3.63, 3.8) is 0 Å². The molecule has 1 saturated heterocycles. The van der Waals surface area contributed by atoms with Crippen molar-refractivity contribution in [3.8, 4) is 0 Å². The number of nitrogens with zero attached hydrogens (tertiary/aromatic N) is 3. The van der Waals surface area contributed by atoms with E-state index in [1.807, 2.05) is 43.0 Å². The van der Waals surface area contributed by atoms with E-state index in [-0.39, 0.29) is 11.8 Å². The number of aryl methyl sites for hydroxylation is 2. The molecule has 3 aromatic rings. The van der Waals surface area contributed by atoms with E-state index >= 15 is 0 Å². The number of carbonyl (C=O) groups excluding carboxylic acids is 2. The number of thioether (sulfide) groups is 1. The number of hydrogen-bond donors (Lipinski definition) is 0. The summed E-state index contributed by atoms with van der Waals surface area (Å²) in [5.41, 5.74) is 3.18. The van der Waals surface area contributed by atoms with Crippen LogP contribution in [0.4, 0.5) is 0 Å². The summed E-state index contributed by atoms with van der Waals surface area (Å²) in [6, 6.07) is 14.6. The van der Waals surface area contributed by atoms with Crippen molar-refractivity contribution < 1.29 is 14.1 Å². The average Bonchev–Trinajstić information content (AvgIpc) is 3.14. The number of aromatic nitrogens is 1. The van der Waals surface area contributed by atoms with Crippen LogP contribution in [-0.4, -0.2) is 52.9 Å². The Kier molecular flexibility index (Phi) is 6.86. The molecule has 0 radical (unpaired) electrons. The second-order valence-electron chi connectivity index (χ2n) is 7.68. The molecular weight excluding hydrogens is 446 g/mol. The second kappa shape index (κ2) is 9.79. The maximum Gasteiger partial charge on any atom is 0.255 e. The lowest BCUT2D eigenvalue weighted by Gasteiger charge is -2.35. The topological polar surface area (TPSA) is 66.7 Å². The third-order valence-corrected chi connectivity index (χ3v) is 6.93. The minimum atomic E-state index is -0.0602. The first-order chi connectivity index (χ1) is 15.4. The number of hydrogen-bond acceptors (Lipinski definition) is 5. The van der Waals surface area contributed by atoms with Gasteiger partial charge in [0.2, 0.25) is 0 Å². The molecule has 1 aromatic heterocycles. The molecule has 2 heterocycles. The van der Waals surface area contributed by atoms with E-state index in [4.69, 9.17) is 16.1 Å². The fourth-order valence-electron chi connectivity index (χ4n) is 3.71. The third-order valence-electron chi connectivity index (χ3n) is 5.60. The monoisotopic (exact) mass is 469 g/mol. The van der Waals surface area contributed by atoms with Gasteiger partial charge in [0.1, 0.15) is 5.76 Å². The Morgan fingerprint density at radius 3 is 2.34 bits per heavy atom. The molecule has 8 heteroatoms. The highest BCUT2D eigenvalue weighted by atomic mass is 35.5. The van der Waals surface area contributed by atoms with E-state index in [0.717, 1.165) is 21.9 Å². The van der Waals surface area contributed by atoms with Gasteiger partial charge in [-0.3, -0.25) is 9.59 Å². The van der Waals surface area contributed by atoms with Crippen molar-refractivity contribution in [1.29, 1.82) is 0 Å². The Balaban J connectivity index is 1.41. The lowest BCUT2D eigenvalue weighted by Crippen LogP contribution is -2.50. The summed E-state index contributed by atoms with van der Waals surface area (Å²) >= 11 is 7.62. The molecule has 32 heavy (non-hydrogen) atoms. The Morgan fingerprint density at radius 1 is 1.00 bits per heavy atom. The molecule has 0 unspecified atom stereocenters. The van der Waals surface area contributed by atoms with E-state index < -0.39 is 0 Å². The molecule has 0 spiro atoms. The predicted molar refractivity (Wildman–Crippen MR) is 125 cm³/mol. The molecule has 0 aliphatic carbocycles. The largest absolute Gasteiger partial charge is 0.361 e. The molecule has 6 nitrogen and oxygen atoms in total. The molecule has 4 rings (SSSR count). The van der Waals surface area contributed by atoms with Crippen LogP contribution < -0.4 is 0 Å². The van der Waals surface area contributed by atoms with Crippen molar-refractivity contribution >= 4 is 35.2 Å². The average molecular weight is 470 g/mol. The molecule has 1 aliphatic heterocycles. The first kappa shape index (κ1) is 22.4. The van der Waals surface area contributed by atoms with Crippen molar-refractivity contribution in [2.24, 2.45) is 0 Å². The van der Waals surface area contributed by atoms with Crippen molar-refractivity contribution in [2.75, 3.05) is 26.2 Å². The minimum Gasteiger partial charge on any atom is -0.361 e. The summed E-state index contributed by atoms with van der Waals surface area (Å²) in [6.45, 7) is 5.80.